The Kier molecular flexibility index (Phi) is 5.22. The van der Waals surface area contributed by atoms with Crippen LogP contribution in [0.3, 0.4) is 0 Å². The molecule has 0 aliphatic heterocycles. The van der Waals surface area contributed by atoms with Gasteiger partial charge in [0.15, 0.2) is 0 Å². The largest absolute Gasteiger partial charge is 0.487 e. The maximum Gasteiger partial charge on any atom is 0.251 e. The summed E-state index contributed by atoms with van der Waals surface area (Å²) in [5.74, 6) is 0.510. The van der Waals surface area contributed by atoms with E-state index in [-0.39, 0.29) is 5.91 Å². The predicted molar refractivity (Wildman–Crippen MR) is 95.6 cm³/mol. The maximum absolute atomic E-state index is 12.3. The van der Waals surface area contributed by atoms with Gasteiger partial charge in [0.2, 0.25) is 0 Å². The Morgan fingerprint density at radius 3 is 2.79 bits per heavy atom. The highest BCUT2D eigenvalue weighted by molar-refractivity contribution is 7.09. The number of ether oxygens (including phenoxy) is 1. The van der Waals surface area contributed by atoms with E-state index in [0.29, 0.717) is 24.5 Å². The number of benzene rings is 1. The van der Waals surface area contributed by atoms with Gasteiger partial charge in [0.1, 0.15) is 17.4 Å². The molecule has 24 heavy (non-hydrogen) atoms. The van der Waals surface area contributed by atoms with Crippen molar-refractivity contribution in [1.82, 2.24) is 15.3 Å². The van der Waals surface area contributed by atoms with Crippen LogP contribution in [0.5, 0.6) is 5.75 Å². The van der Waals surface area contributed by atoms with Crippen molar-refractivity contribution in [2.45, 2.75) is 27.0 Å². The number of aromatic nitrogens is 2. The fourth-order valence-corrected chi connectivity index (χ4v) is 3.41. The summed E-state index contributed by atoms with van der Waals surface area (Å²) in [4.78, 5) is 20.9. The number of carbonyl (C=O) groups excluding carboxylic acids is 1. The average molecular weight is 359 g/mol. The van der Waals surface area contributed by atoms with Crippen LogP contribution in [0, 0.1) is 13.8 Å². The highest BCUT2D eigenvalue weighted by Crippen LogP contribution is 2.16. The lowest BCUT2D eigenvalue weighted by molar-refractivity contribution is 0.0950. The first kappa shape index (κ1) is 16.6. The first-order valence-electron chi connectivity index (χ1n) is 7.43. The first-order valence-corrected chi connectivity index (χ1v) is 9.19. The second-order valence-electron chi connectivity index (χ2n) is 5.24. The predicted octanol–water partition coefficient (Wildman–Crippen LogP) is 3.73. The zero-order valence-electron chi connectivity index (χ0n) is 13.4. The molecule has 0 atom stereocenters. The molecule has 0 spiro atoms. The number of hydrogen-bond acceptors (Lipinski definition) is 6. The molecule has 0 aliphatic carbocycles. The van der Waals surface area contributed by atoms with Gasteiger partial charge in [-0.15, -0.1) is 22.7 Å². The quantitative estimate of drug-likeness (QED) is 0.728. The van der Waals surface area contributed by atoms with Gasteiger partial charge in [-0.3, -0.25) is 4.79 Å². The fourth-order valence-electron chi connectivity index (χ4n) is 2.10. The molecule has 3 rings (SSSR count). The normalized spacial score (nSPS) is 10.6. The number of aryl methyl sites for hydroxylation is 2. The number of amides is 1. The monoisotopic (exact) mass is 359 g/mol. The summed E-state index contributed by atoms with van der Waals surface area (Å²) in [7, 11) is 0. The van der Waals surface area contributed by atoms with Gasteiger partial charge >= 0.3 is 0 Å². The van der Waals surface area contributed by atoms with E-state index in [2.05, 4.69) is 15.3 Å². The van der Waals surface area contributed by atoms with E-state index in [1.165, 1.54) is 0 Å². The number of thiazole rings is 2. The molecule has 0 radical (unpaired) electrons. The van der Waals surface area contributed by atoms with Gasteiger partial charge in [0.25, 0.3) is 5.91 Å². The molecule has 0 aliphatic rings. The van der Waals surface area contributed by atoms with Crippen LogP contribution in [0.25, 0.3) is 0 Å². The summed E-state index contributed by atoms with van der Waals surface area (Å²) in [6, 6.07) is 7.15. The minimum atomic E-state index is -0.141. The van der Waals surface area contributed by atoms with E-state index in [0.717, 1.165) is 21.4 Å². The molecule has 2 aromatic heterocycles. The Labute approximate surface area is 148 Å². The van der Waals surface area contributed by atoms with Crippen LogP contribution in [0.2, 0.25) is 0 Å². The minimum absolute atomic E-state index is 0.141. The number of rotatable bonds is 6. The zero-order chi connectivity index (χ0) is 16.9. The van der Waals surface area contributed by atoms with Crippen molar-refractivity contribution in [3.63, 3.8) is 0 Å². The Morgan fingerprint density at radius 1 is 1.21 bits per heavy atom. The lowest BCUT2D eigenvalue weighted by Gasteiger charge is -2.07. The molecule has 124 valence electrons. The van der Waals surface area contributed by atoms with Crippen LogP contribution in [0.1, 0.15) is 31.8 Å². The zero-order valence-corrected chi connectivity index (χ0v) is 15.0. The van der Waals surface area contributed by atoms with E-state index < -0.39 is 0 Å². The fraction of sp³-hybridized carbons (Fsp3) is 0.235. The summed E-state index contributed by atoms with van der Waals surface area (Å²) in [5.41, 5.74) is 2.43. The van der Waals surface area contributed by atoms with Crippen molar-refractivity contribution in [3.05, 3.63) is 62.0 Å². The number of nitrogens with one attached hydrogen (secondary N) is 1. The second kappa shape index (κ2) is 7.55. The first-order chi connectivity index (χ1) is 11.6. The van der Waals surface area contributed by atoms with E-state index in [9.17, 15) is 4.79 Å². The molecule has 0 fully saturated rings. The van der Waals surface area contributed by atoms with Crippen LogP contribution in [-0.2, 0) is 13.2 Å². The third-order valence-corrected chi connectivity index (χ3v) is 5.01. The Morgan fingerprint density at radius 2 is 2.08 bits per heavy atom. The van der Waals surface area contributed by atoms with Crippen molar-refractivity contribution in [3.8, 4) is 5.75 Å². The van der Waals surface area contributed by atoms with E-state index in [1.807, 2.05) is 36.7 Å². The van der Waals surface area contributed by atoms with Crippen molar-refractivity contribution in [2.75, 3.05) is 0 Å². The molecule has 0 unspecified atom stereocenters. The van der Waals surface area contributed by atoms with E-state index >= 15 is 0 Å². The maximum atomic E-state index is 12.3. The molecular weight excluding hydrogens is 342 g/mol. The van der Waals surface area contributed by atoms with Crippen molar-refractivity contribution in [2.24, 2.45) is 0 Å². The Balaban J connectivity index is 1.58. The SMILES string of the molecule is Cc1csc(CNC(=O)c2cccc(OCc3csc(C)n3)c2)n1. The van der Waals surface area contributed by atoms with Crippen LogP contribution in [-0.4, -0.2) is 15.9 Å². The molecule has 2 heterocycles. The summed E-state index contributed by atoms with van der Waals surface area (Å²) < 4.78 is 5.72. The van der Waals surface area contributed by atoms with Gasteiger partial charge < -0.3 is 10.1 Å². The van der Waals surface area contributed by atoms with Gasteiger partial charge in [0.05, 0.1) is 17.2 Å². The van der Waals surface area contributed by atoms with E-state index in [1.54, 1.807) is 34.8 Å². The molecule has 3 aromatic rings. The van der Waals surface area contributed by atoms with Gasteiger partial charge in [-0.1, -0.05) is 6.07 Å². The van der Waals surface area contributed by atoms with Gasteiger partial charge in [0, 0.05) is 22.0 Å². The Hall–Kier alpha value is -2.25. The van der Waals surface area contributed by atoms with Crippen molar-refractivity contribution >= 4 is 28.6 Å². The molecule has 5 nitrogen and oxygen atoms in total. The van der Waals surface area contributed by atoms with Gasteiger partial charge in [-0.25, -0.2) is 9.97 Å². The number of hydrogen-bond donors (Lipinski definition) is 1. The second-order valence-corrected chi connectivity index (χ2v) is 7.24. The third kappa shape index (κ3) is 4.39. The number of carbonyl (C=O) groups is 1. The lowest BCUT2D eigenvalue weighted by Crippen LogP contribution is -2.22. The van der Waals surface area contributed by atoms with E-state index in [4.69, 9.17) is 4.74 Å². The van der Waals surface area contributed by atoms with Crippen molar-refractivity contribution in [1.29, 1.82) is 0 Å². The minimum Gasteiger partial charge on any atom is -0.487 e. The van der Waals surface area contributed by atoms with Gasteiger partial charge in [-0.05, 0) is 32.0 Å². The Bertz CT molecular complexity index is 842. The highest BCUT2D eigenvalue weighted by atomic mass is 32.1. The standard InChI is InChI=1S/C17H17N3O2S2/c1-11-9-24-16(19-11)7-18-17(21)13-4-3-5-15(6-13)22-8-14-10-23-12(2)20-14/h3-6,9-10H,7-8H2,1-2H3,(H,18,21). The molecule has 0 bridgehead atoms. The highest BCUT2D eigenvalue weighted by Gasteiger charge is 2.08. The molecule has 1 amide bonds. The summed E-state index contributed by atoms with van der Waals surface area (Å²) in [5, 5.41) is 8.73. The van der Waals surface area contributed by atoms with Crippen LogP contribution >= 0.6 is 22.7 Å². The summed E-state index contributed by atoms with van der Waals surface area (Å²) in [6.07, 6.45) is 0. The summed E-state index contributed by atoms with van der Waals surface area (Å²) >= 11 is 3.13. The molecule has 0 saturated carbocycles. The molecule has 1 aromatic carbocycles. The van der Waals surface area contributed by atoms with Crippen molar-refractivity contribution < 1.29 is 9.53 Å². The molecule has 0 saturated heterocycles. The van der Waals surface area contributed by atoms with Gasteiger partial charge in [-0.2, -0.15) is 0 Å². The topological polar surface area (TPSA) is 64.1 Å². The van der Waals surface area contributed by atoms with Crippen LogP contribution in [0.15, 0.2) is 35.0 Å². The smallest absolute Gasteiger partial charge is 0.251 e. The third-order valence-electron chi connectivity index (χ3n) is 3.22. The molecular formula is C17H17N3O2S2. The summed E-state index contributed by atoms with van der Waals surface area (Å²) in [6.45, 7) is 4.73. The average Bonchev–Trinajstić information content (AvgIpc) is 3.19. The van der Waals surface area contributed by atoms with Crippen LogP contribution < -0.4 is 10.1 Å². The number of nitrogens with zero attached hydrogens (tertiary/aromatic N) is 2. The molecule has 1 N–H and O–H groups in total. The molecule has 7 heteroatoms. The van der Waals surface area contributed by atoms with Crippen LogP contribution in [0.4, 0.5) is 0 Å². The lowest BCUT2D eigenvalue weighted by atomic mass is 10.2.